The summed E-state index contributed by atoms with van der Waals surface area (Å²) >= 11 is 16.1. The Hall–Kier alpha value is -0.0700. The Labute approximate surface area is 182 Å². The molecule has 1 aliphatic carbocycles. The lowest BCUT2D eigenvalue weighted by Crippen LogP contribution is -2.33. The highest BCUT2D eigenvalue weighted by Gasteiger charge is 2.28. The molecule has 2 unspecified atom stereocenters. The van der Waals surface area contributed by atoms with E-state index >= 15 is 0 Å². The van der Waals surface area contributed by atoms with Crippen molar-refractivity contribution >= 4 is 52.6 Å². The molecule has 3 nitrogen and oxygen atoms in total. The fourth-order valence-corrected chi connectivity index (χ4v) is 6.58. The van der Waals surface area contributed by atoms with Crippen molar-refractivity contribution in [1.82, 2.24) is 9.80 Å². The molecule has 0 radical (unpaired) electrons. The highest BCUT2D eigenvalue weighted by atomic mass is 35.5. The number of nitrogens with zero attached hydrogens (tertiary/aromatic N) is 2. The smallest absolute Gasteiger partial charge is 0.232 e. The molecule has 0 saturated heterocycles. The van der Waals surface area contributed by atoms with Gasteiger partial charge in [0.25, 0.3) is 0 Å². The molecule has 2 atom stereocenters. The number of rotatable bonds is 9. The number of halogens is 2. The summed E-state index contributed by atoms with van der Waals surface area (Å²) in [6, 6.07) is 5.64. The van der Waals surface area contributed by atoms with Crippen molar-refractivity contribution in [2.24, 2.45) is 0 Å². The van der Waals surface area contributed by atoms with Crippen LogP contribution in [-0.4, -0.2) is 66.2 Å². The first-order chi connectivity index (χ1) is 12.9. The molecule has 1 aromatic carbocycles. The van der Waals surface area contributed by atoms with E-state index in [9.17, 15) is 4.79 Å². The summed E-state index contributed by atoms with van der Waals surface area (Å²) in [6.07, 6.45) is 5.82. The first kappa shape index (κ1) is 23.2. The maximum absolute atomic E-state index is 12.5. The molecule has 1 saturated carbocycles. The number of benzene rings is 1. The van der Waals surface area contributed by atoms with Crippen LogP contribution in [0.15, 0.2) is 23.1 Å². The summed E-state index contributed by atoms with van der Waals surface area (Å²) in [6.45, 7) is 1.82. The van der Waals surface area contributed by atoms with Crippen molar-refractivity contribution in [1.29, 1.82) is 0 Å². The Bertz CT molecular complexity index is 616. The molecular weight excluding hydrogens is 419 g/mol. The minimum Gasteiger partial charge on any atom is -0.345 e. The van der Waals surface area contributed by atoms with Gasteiger partial charge in [0.15, 0.2) is 0 Å². The molecule has 1 aromatic rings. The predicted octanol–water partition coefficient (Wildman–Crippen LogP) is 5.54. The van der Waals surface area contributed by atoms with E-state index in [4.69, 9.17) is 23.2 Å². The normalized spacial score (nSPS) is 20.1. The number of amides is 1. The maximum Gasteiger partial charge on any atom is 0.232 e. The lowest BCUT2D eigenvalue weighted by molar-refractivity contribution is -0.127. The van der Waals surface area contributed by atoms with Gasteiger partial charge in [-0.05, 0) is 58.1 Å². The monoisotopic (exact) mass is 448 g/mol. The van der Waals surface area contributed by atoms with E-state index in [1.54, 1.807) is 0 Å². The molecule has 0 spiro atoms. The van der Waals surface area contributed by atoms with Crippen molar-refractivity contribution in [3.05, 3.63) is 28.2 Å². The molecule has 0 aromatic heterocycles. The fourth-order valence-electron chi connectivity index (χ4n) is 3.16. The SMILES string of the molecule is CN(C)CCCN(C)C(=O)CSC1CCCCC1Sc1cc(Cl)ccc1Cl. The molecule has 152 valence electrons. The second kappa shape index (κ2) is 11.8. The van der Waals surface area contributed by atoms with Gasteiger partial charge in [-0.15, -0.1) is 23.5 Å². The number of carbonyl (C=O) groups is 1. The Balaban J connectivity index is 1.86. The molecule has 2 rings (SSSR count). The third-order valence-corrected chi connectivity index (χ3v) is 8.47. The van der Waals surface area contributed by atoms with E-state index in [1.807, 2.05) is 53.7 Å². The highest BCUT2D eigenvalue weighted by molar-refractivity contribution is 8.04. The summed E-state index contributed by atoms with van der Waals surface area (Å²) in [5.41, 5.74) is 0. The average Bonchev–Trinajstić information content (AvgIpc) is 2.63. The van der Waals surface area contributed by atoms with Crippen molar-refractivity contribution in [3.8, 4) is 0 Å². The third kappa shape index (κ3) is 8.06. The van der Waals surface area contributed by atoms with Gasteiger partial charge in [-0.1, -0.05) is 36.0 Å². The van der Waals surface area contributed by atoms with Gasteiger partial charge in [0.1, 0.15) is 0 Å². The molecule has 0 N–H and O–H groups in total. The van der Waals surface area contributed by atoms with E-state index in [0.717, 1.165) is 47.3 Å². The zero-order valence-corrected chi connectivity index (χ0v) is 19.6. The van der Waals surface area contributed by atoms with Crippen LogP contribution in [0.2, 0.25) is 10.0 Å². The molecule has 1 amide bonds. The van der Waals surface area contributed by atoms with Gasteiger partial charge in [0, 0.05) is 34.0 Å². The number of carbonyl (C=O) groups excluding carboxylic acids is 1. The largest absolute Gasteiger partial charge is 0.345 e. The highest BCUT2D eigenvalue weighted by Crippen LogP contribution is 2.42. The van der Waals surface area contributed by atoms with E-state index in [-0.39, 0.29) is 5.91 Å². The maximum atomic E-state index is 12.5. The van der Waals surface area contributed by atoms with Crippen LogP contribution in [0, 0.1) is 0 Å². The van der Waals surface area contributed by atoms with Crippen molar-refractivity contribution in [3.63, 3.8) is 0 Å². The van der Waals surface area contributed by atoms with Gasteiger partial charge in [-0.2, -0.15) is 0 Å². The molecule has 1 fully saturated rings. The minimum absolute atomic E-state index is 0.230. The summed E-state index contributed by atoms with van der Waals surface area (Å²) < 4.78 is 0. The molecule has 0 aliphatic heterocycles. The van der Waals surface area contributed by atoms with Crippen LogP contribution >= 0.6 is 46.7 Å². The van der Waals surface area contributed by atoms with E-state index in [2.05, 4.69) is 19.0 Å². The first-order valence-electron chi connectivity index (χ1n) is 9.49. The zero-order chi connectivity index (χ0) is 19.8. The summed E-state index contributed by atoms with van der Waals surface area (Å²) in [5.74, 6) is 0.789. The van der Waals surface area contributed by atoms with E-state index in [1.165, 1.54) is 12.8 Å². The van der Waals surface area contributed by atoms with E-state index < -0.39 is 0 Å². The zero-order valence-electron chi connectivity index (χ0n) is 16.4. The second-order valence-electron chi connectivity index (χ2n) is 7.34. The molecule has 27 heavy (non-hydrogen) atoms. The lowest BCUT2D eigenvalue weighted by atomic mass is 10.00. The van der Waals surface area contributed by atoms with Crippen LogP contribution in [0.5, 0.6) is 0 Å². The van der Waals surface area contributed by atoms with Gasteiger partial charge < -0.3 is 9.80 Å². The standard InChI is InChI=1S/C20H30Cl2N2OS2/c1-23(2)11-6-12-24(3)20(25)14-26-17-7-4-5-8-18(17)27-19-13-15(21)9-10-16(19)22/h9-10,13,17-18H,4-8,11-12,14H2,1-3H3. The van der Waals surface area contributed by atoms with Gasteiger partial charge in [-0.25, -0.2) is 0 Å². The van der Waals surface area contributed by atoms with Crippen LogP contribution in [0.3, 0.4) is 0 Å². The van der Waals surface area contributed by atoms with Gasteiger partial charge in [0.05, 0.1) is 10.8 Å². The van der Waals surface area contributed by atoms with Crippen molar-refractivity contribution in [2.75, 3.05) is 40.0 Å². The molecule has 0 bridgehead atoms. The van der Waals surface area contributed by atoms with Crippen LogP contribution < -0.4 is 0 Å². The molecular formula is C20H30Cl2N2OS2. The first-order valence-corrected chi connectivity index (χ1v) is 12.2. The summed E-state index contributed by atoms with van der Waals surface area (Å²) in [7, 11) is 6.03. The third-order valence-electron chi connectivity index (χ3n) is 4.76. The topological polar surface area (TPSA) is 23.6 Å². The van der Waals surface area contributed by atoms with Crippen LogP contribution in [0.4, 0.5) is 0 Å². The fraction of sp³-hybridized carbons (Fsp3) is 0.650. The average molecular weight is 450 g/mol. The summed E-state index contributed by atoms with van der Waals surface area (Å²) in [4.78, 5) is 17.5. The lowest BCUT2D eigenvalue weighted by Gasteiger charge is -2.31. The van der Waals surface area contributed by atoms with Crippen LogP contribution in [-0.2, 0) is 4.79 Å². The molecule has 1 aliphatic rings. The summed E-state index contributed by atoms with van der Waals surface area (Å²) in [5, 5.41) is 2.44. The Kier molecular flexibility index (Phi) is 10.2. The van der Waals surface area contributed by atoms with Crippen LogP contribution in [0.1, 0.15) is 32.1 Å². The molecule has 0 heterocycles. The number of hydrogen-bond donors (Lipinski definition) is 0. The second-order valence-corrected chi connectivity index (χ2v) is 10.7. The number of hydrogen-bond acceptors (Lipinski definition) is 4. The molecule has 7 heteroatoms. The Morgan fingerprint density at radius 1 is 1.11 bits per heavy atom. The Morgan fingerprint density at radius 3 is 2.52 bits per heavy atom. The minimum atomic E-state index is 0.230. The van der Waals surface area contributed by atoms with Gasteiger partial charge in [-0.3, -0.25) is 4.79 Å². The van der Waals surface area contributed by atoms with Gasteiger partial charge >= 0.3 is 0 Å². The van der Waals surface area contributed by atoms with Crippen LogP contribution in [0.25, 0.3) is 0 Å². The van der Waals surface area contributed by atoms with Gasteiger partial charge in [0.2, 0.25) is 5.91 Å². The van der Waals surface area contributed by atoms with Crippen molar-refractivity contribution < 1.29 is 4.79 Å². The predicted molar refractivity (Wildman–Crippen MR) is 122 cm³/mol. The van der Waals surface area contributed by atoms with E-state index in [0.29, 0.717) is 16.3 Å². The number of thioether (sulfide) groups is 2. The Morgan fingerprint density at radius 2 is 1.81 bits per heavy atom. The van der Waals surface area contributed by atoms with Crippen molar-refractivity contribution in [2.45, 2.75) is 47.5 Å². The quantitative estimate of drug-likeness (QED) is 0.494.